The molecule has 0 saturated carbocycles. The van der Waals surface area contributed by atoms with Crippen LogP contribution in [0.1, 0.15) is 11.6 Å². The highest BCUT2D eigenvalue weighted by atomic mass is 79.9. The number of anilines is 1. The van der Waals surface area contributed by atoms with Crippen molar-refractivity contribution in [3.05, 3.63) is 35.0 Å². The normalized spacial score (nSPS) is 12.2. The van der Waals surface area contributed by atoms with Crippen molar-refractivity contribution in [3.8, 4) is 0 Å². The van der Waals surface area contributed by atoms with Gasteiger partial charge in [0, 0.05) is 18.8 Å². The summed E-state index contributed by atoms with van der Waals surface area (Å²) in [4.78, 5) is 19.8. The minimum Gasteiger partial charge on any atom is -0.316 e. The lowest BCUT2D eigenvalue weighted by atomic mass is 10.1. The van der Waals surface area contributed by atoms with Gasteiger partial charge in [-0.15, -0.1) is 0 Å². The maximum atomic E-state index is 11.9. The van der Waals surface area contributed by atoms with Gasteiger partial charge in [0.15, 0.2) is 5.82 Å². The van der Waals surface area contributed by atoms with Crippen molar-refractivity contribution in [3.63, 3.8) is 0 Å². The molecule has 8 heteroatoms. The third-order valence-electron chi connectivity index (χ3n) is 2.24. The Morgan fingerprint density at radius 3 is 2.78 bits per heavy atom. The van der Waals surface area contributed by atoms with Crippen LogP contribution >= 0.6 is 15.9 Å². The van der Waals surface area contributed by atoms with Gasteiger partial charge < -0.3 is 11.1 Å². The first-order chi connectivity index (χ1) is 8.56. The van der Waals surface area contributed by atoms with Crippen LogP contribution in [0, 0.1) is 0 Å². The Kier molecular flexibility index (Phi) is 3.68. The molecule has 1 unspecified atom stereocenters. The number of aryl methyl sites for hydroxylation is 1. The van der Waals surface area contributed by atoms with Crippen molar-refractivity contribution in [1.82, 2.24) is 19.7 Å². The van der Waals surface area contributed by atoms with Gasteiger partial charge in [0.05, 0.1) is 18.6 Å². The minimum absolute atomic E-state index is 0.350. The average Bonchev–Trinajstić information content (AvgIpc) is 2.78. The molecule has 18 heavy (non-hydrogen) atoms. The summed E-state index contributed by atoms with van der Waals surface area (Å²) in [6, 6.07) is -0.788. The van der Waals surface area contributed by atoms with E-state index in [1.165, 1.54) is 12.4 Å². The van der Waals surface area contributed by atoms with Crippen LogP contribution in [0.2, 0.25) is 0 Å². The first-order valence-corrected chi connectivity index (χ1v) is 5.88. The summed E-state index contributed by atoms with van der Waals surface area (Å²) in [6.07, 6.45) is 6.18. The molecule has 2 rings (SSSR count). The summed E-state index contributed by atoms with van der Waals surface area (Å²) in [5, 5.41) is 6.54. The number of rotatable bonds is 3. The smallest absolute Gasteiger partial charge is 0.247 e. The van der Waals surface area contributed by atoms with E-state index in [0.29, 0.717) is 16.0 Å². The van der Waals surface area contributed by atoms with Crippen LogP contribution < -0.4 is 11.1 Å². The third kappa shape index (κ3) is 2.90. The number of nitrogens with two attached hydrogens (primary N) is 1. The molecule has 0 aromatic carbocycles. The van der Waals surface area contributed by atoms with Gasteiger partial charge >= 0.3 is 0 Å². The summed E-state index contributed by atoms with van der Waals surface area (Å²) in [5.74, 6) is -0.0119. The van der Waals surface area contributed by atoms with Crippen molar-refractivity contribution in [2.24, 2.45) is 12.8 Å². The van der Waals surface area contributed by atoms with E-state index in [1.54, 1.807) is 24.1 Å². The van der Waals surface area contributed by atoms with Gasteiger partial charge in [0.2, 0.25) is 5.91 Å². The molecule has 0 aliphatic heterocycles. The zero-order valence-electron chi connectivity index (χ0n) is 9.54. The molecule has 2 aromatic heterocycles. The van der Waals surface area contributed by atoms with Crippen molar-refractivity contribution in [1.29, 1.82) is 0 Å². The van der Waals surface area contributed by atoms with E-state index in [2.05, 4.69) is 36.3 Å². The Hall–Kier alpha value is -1.80. The molecule has 0 fully saturated rings. The second kappa shape index (κ2) is 5.23. The van der Waals surface area contributed by atoms with Gasteiger partial charge in [-0.2, -0.15) is 5.10 Å². The van der Waals surface area contributed by atoms with Crippen LogP contribution in [0.15, 0.2) is 29.4 Å². The van der Waals surface area contributed by atoms with Crippen LogP contribution in [0.25, 0.3) is 0 Å². The van der Waals surface area contributed by atoms with E-state index in [-0.39, 0.29) is 5.91 Å². The number of carbonyl (C=O) groups excluding carboxylic acids is 1. The highest BCUT2D eigenvalue weighted by Crippen LogP contribution is 2.12. The fourth-order valence-electron chi connectivity index (χ4n) is 1.33. The zero-order valence-corrected chi connectivity index (χ0v) is 11.1. The molecular weight excluding hydrogens is 300 g/mol. The number of amides is 1. The number of aromatic nitrogens is 4. The highest BCUT2D eigenvalue weighted by Gasteiger charge is 2.17. The van der Waals surface area contributed by atoms with Crippen LogP contribution in [-0.4, -0.2) is 25.7 Å². The van der Waals surface area contributed by atoms with Gasteiger partial charge in [-0.3, -0.25) is 9.48 Å². The molecule has 0 radical (unpaired) electrons. The number of halogens is 1. The van der Waals surface area contributed by atoms with Crippen molar-refractivity contribution in [2.75, 3.05) is 5.32 Å². The monoisotopic (exact) mass is 310 g/mol. The molecular formula is C10H11BrN6O. The molecule has 0 spiro atoms. The summed E-state index contributed by atoms with van der Waals surface area (Å²) >= 11 is 3.16. The number of hydrogen-bond acceptors (Lipinski definition) is 5. The summed E-state index contributed by atoms with van der Waals surface area (Å²) in [7, 11) is 1.76. The molecule has 3 N–H and O–H groups in total. The molecule has 2 heterocycles. The largest absolute Gasteiger partial charge is 0.316 e. The lowest BCUT2D eigenvalue weighted by Crippen LogP contribution is -2.27. The van der Waals surface area contributed by atoms with E-state index in [9.17, 15) is 4.79 Å². The maximum absolute atomic E-state index is 11.9. The van der Waals surface area contributed by atoms with Gasteiger partial charge in [-0.1, -0.05) is 0 Å². The molecule has 94 valence electrons. The van der Waals surface area contributed by atoms with Gasteiger partial charge in [-0.05, 0) is 15.9 Å². The Balaban J connectivity index is 2.05. The van der Waals surface area contributed by atoms with Gasteiger partial charge in [0.25, 0.3) is 0 Å². The van der Waals surface area contributed by atoms with Crippen LogP contribution in [0.3, 0.4) is 0 Å². The van der Waals surface area contributed by atoms with E-state index in [4.69, 9.17) is 5.73 Å². The maximum Gasteiger partial charge on any atom is 0.247 e. The van der Waals surface area contributed by atoms with Crippen LogP contribution in [0.4, 0.5) is 5.82 Å². The predicted molar refractivity (Wildman–Crippen MR) is 68.5 cm³/mol. The summed E-state index contributed by atoms with van der Waals surface area (Å²) in [5.41, 5.74) is 6.45. The van der Waals surface area contributed by atoms with Crippen molar-refractivity contribution in [2.45, 2.75) is 6.04 Å². The van der Waals surface area contributed by atoms with E-state index < -0.39 is 6.04 Å². The number of carbonyl (C=O) groups is 1. The van der Waals surface area contributed by atoms with Crippen LogP contribution in [0.5, 0.6) is 0 Å². The molecule has 0 aliphatic carbocycles. The molecule has 1 atom stereocenters. The Morgan fingerprint density at radius 1 is 1.44 bits per heavy atom. The van der Waals surface area contributed by atoms with E-state index in [0.717, 1.165) is 0 Å². The fraction of sp³-hybridized carbons (Fsp3) is 0.200. The Labute approximate surface area is 112 Å². The number of nitrogens with one attached hydrogen (secondary N) is 1. The highest BCUT2D eigenvalue weighted by molar-refractivity contribution is 9.10. The molecule has 7 nitrogen and oxygen atoms in total. The first-order valence-electron chi connectivity index (χ1n) is 5.09. The third-order valence-corrected chi connectivity index (χ3v) is 2.65. The predicted octanol–water partition coefficient (Wildman–Crippen LogP) is 0.611. The van der Waals surface area contributed by atoms with Gasteiger partial charge in [0.1, 0.15) is 10.6 Å². The first kappa shape index (κ1) is 12.7. The molecule has 0 bridgehead atoms. The van der Waals surface area contributed by atoms with Crippen molar-refractivity contribution < 1.29 is 4.79 Å². The molecule has 1 amide bonds. The van der Waals surface area contributed by atoms with Crippen LogP contribution in [-0.2, 0) is 11.8 Å². The average molecular weight is 311 g/mol. The zero-order chi connectivity index (χ0) is 13.1. The van der Waals surface area contributed by atoms with E-state index in [1.807, 2.05) is 0 Å². The summed E-state index contributed by atoms with van der Waals surface area (Å²) in [6.45, 7) is 0. The Bertz CT molecular complexity index is 552. The van der Waals surface area contributed by atoms with E-state index >= 15 is 0 Å². The topological polar surface area (TPSA) is 98.7 Å². The lowest BCUT2D eigenvalue weighted by molar-refractivity contribution is -0.117. The second-order valence-electron chi connectivity index (χ2n) is 3.64. The minimum atomic E-state index is -0.788. The summed E-state index contributed by atoms with van der Waals surface area (Å²) < 4.78 is 2.18. The fourth-order valence-corrected chi connectivity index (χ4v) is 1.54. The molecule has 0 saturated heterocycles. The number of nitrogens with zero attached hydrogens (tertiary/aromatic N) is 4. The molecule has 0 aliphatic rings. The number of hydrogen-bond donors (Lipinski definition) is 2. The van der Waals surface area contributed by atoms with Crippen molar-refractivity contribution >= 4 is 27.7 Å². The van der Waals surface area contributed by atoms with Gasteiger partial charge in [-0.25, -0.2) is 9.97 Å². The quantitative estimate of drug-likeness (QED) is 0.865. The SMILES string of the molecule is Cn1cc(C(N)C(=O)Nc2cnc(Br)cn2)cn1. The molecule has 2 aromatic rings. The Morgan fingerprint density at radius 2 is 2.22 bits per heavy atom. The second-order valence-corrected chi connectivity index (χ2v) is 4.45. The lowest BCUT2D eigenvalue weighted by Gasteiger charge is -2.09. The standard InChI is InChI=1S/C10H11BrN6O/c1-17-5-6(2-15-17)9(12)10(18)16-8-4-13-7(11)3-14-8/h2-5,9H,12H2,1H3,(H,14,16,18).